The highest BCUT2D eigenvalue weighted by atomic mass is 15.1. The van der Waals surface area contributed by atoms with E-state index in [1.165, 1.54) is 33.6 Å². The largest absolute Gasteiger partial charge is 0.337 e. The average Bonchev–Trinajstić information content (AvgIpc) is 2.74. The smallest absolute Gasteiger partial charge is 0.0481 e. The fraction of sp³-hybridized carbons (Fsp3) is 0.0769. The van der Waals surface area contributed by atoms with E-state index in [4.69, 9.17) is 0 Å². The van der Waals surface area contributed by atoms with Gasteiger partial charge in [0, 0.05) is 17.9 Å². The minimum absolute atomic E-state index is 0.842. The predicted octanol–water partition coefficient (Wildman–Crippen LogP) is 7.00. The Kier molecular flexibility index (Phi) is 5.02. The summed E-state index contributed by atoms with van der Waals surface area (Å²) in [6.45, 7) is 2.97. The van der Waals surface area contributed by atoms with Crippen LogP contribution in [0.1, 0.15) is 11.1 Å². The predicted molar refractivity (Wildman–Crippen MR) is 115 cm³/mol. The molecule has 4 aromatic carbocycles. The molecule has 0 aliphatic carbocycles. The van der Waals surface area contributed by atoms with Gasteiger partial charge in [-0.15, -0.1) is 0 Å². The molecule has 0 saturated carbocycles. The molecule has 27 heavy (non-hydrogen) atoms. The van der Waals surface area contributed by atoms with Crippen LogP contribution < -0.4 is 4.90 Å². The number of aryl methyl sites for hydroxylation is 1. The van der Waals surface area contributed by atoms with Crippen molar-refractivity contribution in [2.24, 2.45) is 0 Å². The molecule has 0 spiro atoms. The third-order valence-electron chi connectivity index (χ3n) is 4.82. The van der Waals surface area contributed by atoms with Gasteiger partial charge in [-0.25, -0.2) is 0 Å². The Morgan fingerprint density at radius 3 is 1.59 bits per heavy atom. The molecule has 1 nitrogen and oxygen atoms in total. The number of hydrogen-bond donors (Lipinski definition) is 0. The number of hydrogen-bond acceptors (Lipinski definition) is 1. The van der Waals surface area contributed by atoms with E-state index in [0.717, 1.165) is 6.54 Å². The molecule has 0 bridgehead atoms. The zero-order chi connectivity index (χ0) is 18.5. The first kappa shape index (κ1) is 17.1. The van der Waals surface area contributed by atoms with E-state index in [9.17, 15) is 0 Å². The Bertz CT molecular complexity index is 972. The minimum Gasteiger partial charge on any atom is -0.337 e. The Hall–Kier alpha value is -3.32. The molecule has 132 valence electrons. The molecule has 0 saturated heterocycles. The van der Waals surface area contributed by atoms with Crippen LogP contribution in [0.5, 0.6) is 0 Å². The average molecular weight is 349 g/mol. The first-order valence-electron chi connectivity index (χ1n) is 9.33. The fourth-order valence-corrected chi connectivity index (χ4v) is 3.29. The summed E-state index contributed by atoms with van der Waals surface area (Å²) in [7, 11) is 0. The van der Waals surface area contributed by atoms with E-state index in [1.54, 1.807) is 0 Å². The third kappa shape index (κ3) is 4.09. The Balaban J connectivity index is 1.68. The van der Waals surface area contributed by atoms with E-state index >= 15 is 0 Å². The summed E-state index contributed by atoms with van der Waals surface area (Å²) >= 11 is 0. The molecule has 0 atom stereocenters. The molecule has 0 aliphatic heterocycles. The number of benzene rings is 4. The lowest BCUT2D eigenvalue weighted by atomic mass is 10.0. The van der Waals surface area contributed by atoms with Crippen LogP contribution in [-0.2, 0) is 6.54 Å². The molecule has 0 amide bonds. The summed E-state index contributed by atoms with van der Waals surface area (Å²) in [4.78, 5) is 2.36. The van der Waals surface area contributed by atoms with Gasteiger partial charge in [-0.2, -0.15) is 0 Å². The van der Waals surface area contributed by atoms with Crippen LogP contribution in [0.2, 0.25) is 0 Å². The van der Waals surface area contributed by atoms with Gasteiger partial charge in [-0.1, -0.05) is 90.5 Å². The lowest BCUT2D eigenvalue weighted by Gasteiger charge is -2.26. The van der Waals surface area contributed by atoms with Crippen molar-refractivity contribution in [3.05, 3.63) is 120 Å². The van der Waals surface area contributed by atoms with Crippen LogP contribution in [0.25, 0.3) is 11.1 Å². The molecule has 0 N–H and O–H groups in total. The summed E-state index contributed by atoms with van der Waals surface area (Å²) in [6, 6.07) is 38.7. The second kappa shape index (κ2) is 7.92. The maximum Gasteiger partial charge on any atom is 0.0481 e. The van der Waals surface area contributed by atoms with Gasteiger partial charge < -0.3 is 4.90 Å². The lowest BCUT2D eigenvalue weighted by Crippen LogP contribution is -2.16. The van der Waals surface area contributed by atoms with Gasteiger partial charge in [0.1, 0.15) is 0 Å². The van der Waals surface area contributed by atoms with Gasteiger partial charge in [0.25, 0.3) is 0 Å². The van der Waals surface area contributed by atoms with E-state index in [1.807, 2.05) is 0 Å². The number of rotatable bonds is 5. The highest BCUT2D eigenvalue weighted by molar-refractivity contribution is 5.70. The quantitative estimate of drug-likeness (QED) is 0.375. The third-order valence-corrected chi connectivity index (χ3v) is 4.82. The number of nitrogens with zero attached hydrogens (tertiary/aromatic N) is 1. The van der Waals surface area contributed by atoms with E-state index in [0.29, 0.717) is 0 Å². The van der Waals surface area contributed by atoms with Gasteiger partial charge in [-0.3, -0.25) is 0 Å². The Morgan fingerprint density at radius 1 is 0.519 bits per heavy atom. The zero-order valence-electron chi connectivity index (χ0n) is 15.5. The molecular formula is C26H23N. The van der Waals surface area contributed by atoms with Crippen molar-refractivity contribution < 1.29 is 0 Å². The molecule has 1 heteroatoms. The van der Waals surface area contributed by atoms with Crippen LogP contribution in [0.4, 0.5) is 11.4 Å². The highest BCUT2D eigenvalue weighted by Gasteiger charge is 2.10. The SMILES string of the molecule is Cc1ccc(N(Cc2ccccc2)c2ccc(-c3ccccc3)cc2)cc1. The molecule has 0 heterocycles. The van der Waals surface area contributed by atoms with Gasteiger partial charge in [0.2, 0.25) is 0 Å². The zero-order valence-corrected chi connectivity index (χ0v) is 15.5. The van der Waals surface area contributed by atoms with Gasteiger partial charge in [0.15, 0.2) is 0 Å². The van der Waals surface area contributed by atoms with E-state index in [2.05, 4.69) is 121 Å². The van der Waals surface area contributed by atoms with Crippen molar-refractivity contribution in [3.63, 3.8) is 0 Å². The Morgan fingerprint density at radius 2 is 1.00 bits per heavy atom. The van der Waals surface area contributed by atoms with Gasteiger partial charge >= 0.3 is 0 Å². The van der Waals surface area contributed by atoms with Crippen molar-refractivity contribution in [2.75, 3.05) is 4.90 Å². The van der Waals surface area contributed by atoms with Gasteiger partial charge in [0.05, 0.1) is 0 Å². The maximum absolute atomic E-state index is 2.36. The minimum atomic E-state index is 0.842. The van der Waals surface area contributed by atoms with Crippen molar-refractivity contribution in [2.45, 2.75) is 13.5 Å². The second-order valence-corrected chi connectivity index (χ2v) is 6.82. The lowest BCUT2D eigenvalue weighted by molar-refractivity contribution is 0.975. The van der Waals surface area contributed by atoms with Crippen LogP contribution in [0, 0.1) is 6.92 Å². The van der Waals surface area contributed by atoms with Crippen molar-refractivity contribution in [1.29, 1.82) is 0 Å². The highest BCUT2D eigenvalue weighted by Crippen LogP contribution is 2.30. The maximum atomic E-state index is 2.36. The first-order valence-corrected chi connectivity index (χ1v) is 9.33. The van der Waals surface area contributed by atoms with Crippen LogP contribution in [-0.4, -0.2) is 0 Å². The summed E-state index contributed by atoms with van der Waals surface area (Å²) in [5.74, 6) is 0. The van der Waals surface area contributed by atoms with Crippen LogP contribution >= 0.6 is 0 Å². The fourth-order valence-electron chi connectivity index (χ4n) is 3.29. The molecule has 0 unspecified atom stereocenters. The molecule has 0 radical (unpaired) electrons. The molecule has 0 fully saturated rings. The van der Waals surface area contributed by atoms with Crippen molar-refractivity contribution in [3.8, 4) is 11.1 Å². The molecule has 4 aromatic rings. The van der Waals surface area contributed by atoms with Gasteiger partial charge in [-0.05, 0) is 47.9 Å². The topological polar surface area (TPSA) is 3.24 Å². The summed E-state index contributed by atoms with van der Waals surface area (Å²) in [5.41, 5.74) is 7.46. The first-order chi connectivity index (χ1) is 13.3. The van der Waals surface area contributed by atoms with E-state index < -0.39 is 0 Å². The summed E-state index contributed by atoms with van der Waals surface area (Å²) in [6.07, 6.45) is 0. The summed E-state index contributed by atoms with van der Waals surface area (Å²) in [5, 5.41) is 0. The summed E-state index contributed by atoms with van der Waals surface area (Å²) < 4.78 is 0. The normalized spacial score (nSPS) is 10.6. The molecule has 0 aliphatic rings. The monoisotopic (exact) mass is 349 g/mol. The molecule has 0 aromatic heterocycles. The van der Waals surface area contributed by atoms with Crippen LogP contribution in [0.3, 0.4) is 0 Å². The second-order valence-electron chi connectivity index (χ2n) is 6.82. The van der Waals surface area contributed by atoms with E-state index in [-0.39, 0.29) is 0 Å². The number of anilines is 2. The standard InChI is InChI=1S/C26H23N/c1-21-12-16-25(17-13-21)27(20-22-8-4-2-5-9-22)26-18-14-24(15-19-26)23-10-6-3-7-11-23/h2-19H,20H2,1H3. The molecular weight excluding hydrogens is 326 g/mol. The van der Waals surface area contributed by atoms with Crippen molar-refractivity contribution >= 4 is 11.4 Å². The van der Waals surface area contributed by atoms with Crippen LogP contribution in [0.15, 0.2) is 109 Å². The molecule has 4 rings (SSSR count). The van der Waals surface area contributed by atoms with Crippen molar-refractivity contribution in [1.82, 2.24) is 0 Å². The Labute approximate surface area is 161 Å².